The van der Waals surface area contributed by atoms with Gasteiger partial charge >= 0.3 is 0 Å². The molecule has 1 atom stereocenters. The fourth-order valence-corrected chi connectivity index (χ4v) is 1.43. The molecule has 1 fully saturated rings. The molecule has 1 heterocycles. The van der Waals surface area contributed by atoms with Crippen molar-refractivity contribution in [3.05, 3.63) is 6.92 Å². The van der Waals surface area contributed by atoms with Crippen LogP contribution in [0.4, 0.5) is 0 Å². The van der Waals surface area contributed by atoms with Crippen molar-refractivity contribution in [3.63, 3.8) is 0 Å². The van der Waals surface area contributed by atoms with E-state index in [9.17, 15) is 4.79 Å². The van der Waals surface area contributed by atoms with Crippen LogP contribution in [0.5, 0.6) is 0 Å². The number of likely N-dealkylation sites (tertiary alicyclic amines) is 1. The lowest BCUT2D eigenvalue weighted by atomic mass is 10.1. The molecule has 1 amide bonds. The van der Waals surface area contributed by atoms with Gasteiger partial charge in [0.1, 0.15) is 0 Å². The number of hydrogen-bond acceptors (Lipinski definition) is 1. The van der Waals surface area contributed by atoms with Crippen molar-refractivity contribution in [2.24, 2.45) is 5.92 Å². The molecule has 1 aliphatic heterocycles. The second-order valence-electron chi connectivity index (χ2n) is 3.08. The Hall–Kier alpha value is -0.970. The van der Waals surface area contributed by atoms with Crippen LogP contribution in [-0.2, 0) is 4.79 Å². The third kappa shape index (κ3) is 2.01. The van der Waals surface area contributed by atoms with E-state index in [1.807, 2.05) is 11.8 Å². The number of carbonyl (C=O) groups is 1. The molecule has 1 rings (SSSR count). The topological polar surface area (TPSA) is 20.3 Å². The zero-order valence-corrected chi connectivity index (χ0v) is 7.47. The van der Waals surface area contributed by atoms with Gasteiger partial charge in [0.2, 0.25) is 5.91 Å². The second-order valence-corrected chi connectivity index (χ2v) is 3.08. The van der Waals surface area contributed by atoms with Crippen LogP contribution in [0.3, 0.4) is 0 Å². The maximum atomic E-state index is 11.5. The summed E-state index contributed by atoms with van der Waals surface area (Å²) in [5, 5.41) is 0. The van der Waals surface area contributed by atoms with Crippen molar-refractivity contribution in [2.75, 3.05) is 13.1 Å². The molecule has 2 heteroatoms. The van der Waals surface area contributed by atoms with Gasteiger partial charge in [-0.3, -0.25) is 4.79 Å². The smallest absolute Gasteiger partial charge is 0.237 e. The van der Waals surface area contributed by atoms with E-state index in [1.54, 1.807) is 0 Å². The van der Waals surface area contributed by atoms with Crippen LogP contribution in [0.25, 0.3) is 0 Å². The molecule has 1 aliphatic rings. The summed E-state index contributed by atoms with van der Waals surface area (Å²) in [6.45, 7) is 7.04. The van der Waals surface area contributed by atoms with E-state index in [2.05, 4.69) is 18.8 Å². The van der Waals surface area contributed by atoms with Gasteiger partial charge in [-0.05, 0) is 19.8 Å². The molecule has 0 saturated carbocycles. The van der Waals surface area contributed by atoms with E-state index in [1.165, 1.54) is 0 Å². The average molecular weight is 164 g/mol. The minimum Gasteiger partial charge on any atom is -0.342 e. The van der Waals surface area contributed by atoms with Gasteiger partial charge < -0.3 is 4.90 Å². The number of rotatable bonds is 1. The SMILES string of the molecule is [CH2]C#CC(C)C(=O)N1CCCC1. The van der Waals surface area contributed by atoms with Crippen LogP contribution >= 0.6 is 0 Å². The first-order valence-electron chi connectivity index (χ1n) is 4.32. The lowest BCUT2D eigenvalue weighted by Gasteiger charge is -2.16. The second kappa shape index (κ2) is 4.15. The fraction of sp³-hybridized carbons (Fsp3) is 0.600. The summed E-state index contributed by atoms with van der Waals surface area (Å²) in [5.41, 5.74) is 0. The molecule has 65 valence electrons. The predicted octanol–water partition coefficient (Wildman–Crippen LogP) is 1.08. The normalized spacial score (nSPS) is 18.3. The summed E-state index contributed by atoms with van der Waals surface area (Å²) < 4.78 is 0. The fourth-order valence-electron chi connectivity index (χ4n) is 1.43. The molecular formula is C10H14NO. The standard InChI is InChI=1S/C10H14NO/c1-3-6-9(2)10(12)11-7-4-5-8-11/h9H,1,4-5,7-8H2,2H3. The van der Waals surface area contributed by atoms with Gasteiger partial charge in [-0.15, -0.1) is 5.92 Å². The van der Waals surface area contributed by atoms with Gasteiger partial charge in [-0.25, -0.2) is 0 Å². The maximum Gasteiger partial charge on any atom is 0.237 e. The molecule has 1 saturated heterocycles. The molecule has 0 bridgehead atoms. The Morgan fingerprint density at radius 3 is 2.58 bits per heavy atom. The first-order valence-corrected chi connectivity index (χ1v) is 4.32. The number of hydrogen-bond donors (Lipinski definition) is 0. The van der Waals surface area contributed by atoms with E-state index in [4.69, 9.17) is 0 Å². The van der Waals surface area contributed by atoms with Gasteiger partial charge in [0.05, 0.1) is 5.92 Å². The van der Waals surface area contributed by atoms with Gasteiger partial charge in [-0.2, -0.15) is 0 Å². The Morgan fingerprint density at radius 2 is 2.08 bits per heavy atom. The van der Waals surface area contributed by atoms with Gasteiger partial charge in [0, 0.05) is 20.0 Å². The molecule has 2 nitrogen and oxygen atoms in total. The van der Waals surface area contributed by atoms with Crippen molar-refractivity contribution < 1.29 is 4.79 Å². The first-order chi connectivity index (χ1) is 5.75. The van der Waals surface area contributed by atoms with Crippen LogP contribution in [0, 0.1) is 24.7 Å². The zero-order chi connectivity index (χ0) is 8.97. The minimum absolute atomic E-state index is 0.156. The third-order valence-electron chi connectivity index (χ3n) is 2.11. The molecular weight excluding hydrogens is 150 g/mol. The maximum absolute atomic E-state index is 11.5. The number of amides is 1. The van der Waals surface area contributed by atoms with E-state index in [0.29, 0.717) is 0 Å². The van der Waals surface area contributed by atoms with Crippen molar-refractivity contribution in [3.8, 4) is 11.8 Å². The van der Waals surface area contributed by atoms with Crippen LogP contribution in [0.15, 0.2) is 0 Å². The molecule has 1 radical (unpaired) electrons. The van der Waals surface area contributed by atoms with Gasteiger partial charge in [0.15, 0.2) is 0 Å². The zero-order valence-electron chi connectivity index (χ0n) is 7.47. The van der Waals surface area contributed by atoms with Crippen LogP contribution in [0.2, 0.25) is 0 Å². The summed E-state index contributed by atoms with van der Waals surface area (Å²) in [6, 6.07) is 0. The molecule has 0 aromatic carbocycles. The third-order valence-corrected chi connectivity index (χ3v) is 2.11. The molecule has 0 N–H and O–H groups in total. The predicted molar refractivity (Wildman–Crippen MR) is 48.1 cm³/mol. The van der Waals surface area contributed by atoms with Crippen LogP contribution < -0.4 is 0 Å². The summed E-state index contributed by atoms with van der Waals surface area (Å²) in [4.78, 5) is 13.4. The Labute approximate surface area is 73.9 Å². The lowest BCUT2D eigenvalue weighted by Crippen LogP contribution is -2.31. The highest BCUT2D eigenvalue weighted by Gasteiger charge is 2.21. The molecule has 1 unspecified atom stereocenters. The Kier molecular flexibility index (Phi) is 3.16. The van der Waals surface area contributed by atoms with Crippen LogP contribution in [0.1, 0.15) is 19.8 Å². The summed E-state index contributed by atoms with van der Waals surface area (Å²) in [7, 11) is 0. The quantitative estimate of drug-likeness (QED) is 0.531. The molecule has 0 aliphatic carbocycles. The van der Waals surface area contributed by atoms with Gasteiger partial charge in [-0.1, -0.05) is 5.92 Å². The lowest BCUT2D eigenvalue weighted by molar-refractivity contribution is -0.132. The molecule has 12 heavy (non-hydrogen) atoms. The Balaban J connectivity index is 2.49. The van der Waals surface area contributed by atoms with E-state index < -0.39 is 0 Å². The summed E-state index contributed by atoms with van der Waals surface area (Å²) in [6.07, 6.45) is 2.27. The van der Waals surface area contributed by atoms with E-state index in [-0.39, 0.29) is 11.8 Å². The van der Waals surface area contributed by atoms with Crippen molar-refractivity contribution >= 4 is 5.91 Å². The van der Waals surface area contributed by atoms with Gasteiger partial charge in [0.25, 0.3) is 0 Å². The molecule has 0 spiro atoms. The highest BCUT2D eigenvalue weighted by atomic mass is 16.2. The highest BCUT2D eigenvalue weighted by molar-refractivity contribution is 5.81. The van der Waals surface area contributed by atoms with E-state index >= 15 is 0 Å². The molecule has 0 aromatic heterocycles. The first kappa shape index (κ1) is 9.12. The highest BCUT2D eigenvalue weighted by Crippen LogP contribution is 2.11. The van der Waals surface area contributed by atoms with Crippen LogP contribution in [-0.4, -0.2) is 23.9 Å². The van der Waals surface area contributed by atoms with Crippen molar-refractivity contribution in [1.82, 2.24) is 4.90 Å². The minimum atomic E-state index is -0.180. The summed E-state index contributed by atoms with van der Waals surface area (Å²) >= 11 is 0. The van der Waals surface area contributed by atoms with E-state index in [0.717, 1.165) is 25.9 Å². The molecule has 0 aromatic rings. The average Bonchev–Trinajstić information content (AvgIpc) is 2.55. The Bertz CT molecular complexity index is 218. The monoisotopic (exact) mass is 164 g/mol. The Morgan fingerprint density at radius 1 is 1.50 bits per heavy atom. The number of carbonyl (C=O) groups excluding carboxylic acids is 1. The van der Waals surface area contributed by atoms with Crippen molar-refractivity contribution in [2.45, 2.75) is 19.8 Å². The van der Waals surface area contributed by atoms with Crippen molar-refractivity contribution in [1.29, 1.82) is 0 Å². The number of nitrogens with zero attached hydrogens (tertiary/aromatic N) is 1. The summed E-state index contributed by atoms with van der Waals surface area (Å²) in [5.74, 6) is 5.27. The largest absolute Gasteiger partial charge is 0.342 e.